The van der Waals surface area contributed by atoms with E-state index in [1.165, 1.54) is 0 Å². The molecule has 0 saturated heterocycles. The van der Waals surface area contributed by atoms with Gasteiger partial charge < -0.3 is 19.2 Å². The summed E-state index contributed by atoms with van der Waals surface area (Å²) in [6, 6.07) is 24.6. The molecule has 1 heterocycles. The topological polar surface area (TPSA) is 80.0 Å². The quantitative estimate of drug-likeness (QED) is 0.181. The summed E-state index contributed by atoms with van der Waals surface area (Å²) < 4.78 is 20.2. The summed E-state index contributed by atoms with van der Waals surface area (Å²) in [5.74, 6) is -0.458. The number of carbonyl (C=O) groups excluding carboxylic acids is 1. The summed E-state index contributed by atoms with van der Waals surface area (Å²) in [7, 11) is 0. The fraction of sp³-hybridized carbons (Fsp3) is 0.273. The van der Waals surface area contributed by atoms with Gasteiger partial charge in [-0.1, -0.05) is 48.5 Å². The molecule has 39 heavy (non-hydrogen) atoms. The van der Waals surface area contributed by atoms with E-state index in [2.05, 4.69) is 6.07 Å². The summed E-state index contributed by atoms with van der Waals surface area (Å²) in [5.41, 5.74) is 5.20. The van der Waals surface area contributed by atoms with Crippen LogP contribution in [0.1, 0.15) is 56.8 Å². The number of nitrogens with zero attached hydrogens (tertiary/aromatic N) is 1. The number of ether oxygens (including phenoxy) is 1. The Morgan fingerprint density at radius 1 is 0.897 bits per heavy atom. The summed E-state index contributed by atoms with van der Waals surface area (Å²) in [4.78, 5) is 25.9. The molecule has 3 aromatic carbocycles. The van der Waals surface area contributed by atoms with Crippen molar-refractivity contribution in [3.63, 3.8) is 0 Å². The summed E-state index contributed by atoms with van der Waals surface area (Å²) in [6.45, 7) is 3.27. The maximum Gasteiger partial charge on any atom is 0.303 e. The van der Waals surface area contributed by atoms with Crippen LogP contribution in [-0.2, 0) is 11.3 Å². The number of rotatable bonds is 13. The van der Waals surface area contributed by atoms with E-state index >= 15 is 0 Å². The van der Waals surface area contributed by atoms with Crippen LogP contribution in [0.2, 0.25) is 0 Å². The number of furan rings is 1. The second kappa shape index (κ2) is 13.5. The molecule has 1 N–H and O–H groups in total. The van der Waals surface area contributed by atoms with Crippen molar-refractivity contribution >= 4 is 11.9 Å². The molecule has 0 radical (unpaired) electrons. The molecule has 0 aliphatic carbocycles. The maximum absolute atomic E-state index is 13.7. The van der Waals surface area contributed by atoms with Gasteiger partial charge in [0.15, 0.2) is 0 Å². The highest BCUT2D eigenvalue weighted by molar-refractivity contribution is 5.95. The molecule has 0 aliphatic heterocycles. The van der Waals surface area contributed by atoms with E-state index in [4.69, 9.17) is 15.6 Å². The van der Waals surface area contributed by atoms with Crippen molar-refractivity contribution in [3.8, 4) is 28.0 Å². The average molecular weight is 527 g/mol. The molecule has 4 aromatic rings. The third kappa shape index (κ3) is 7.60. The lowest BCUT2D eigenvalue weighted by Crippen LogP contribution is -2.36. The predicted octanol–water partition coefficient (Wildman–Crippen LogP) is 7.69. The van der Waals surface area contributed by atoms with Crippen molar-refractivity contribution in [2.45, 2.75) is 52.1 Å². The second-order valence-corrected chi connectivity index (χ2v) is 9.70. The summed E-state index contributed by atoms with van der Waals surface area (Å²) in [6.07, 6.45) is 5.58. The van der Waals surface area contributed by atoms with Gasteiger partial charge >= 0.3 is 5.97 Å². The second-order valence-electron chi connectivity index (χ2n) is 9.70. The first-order chi connectivity index (χ1) is 19.3. The van der Waals surface area contributed by atoms with Crippen LogP contribution in [0.5, 0.6) is 5.75 Å². The molecule has 0 fully saturated rings. The number of hydrogen-bond acceptors (Lipinski definition) is 4. The highest BCUT2D eigenvalue weighted by Gasteiger charge is 2.21. The van der Waals surface area contributed by atoms with E-state index in [1.54, 1.807) is 17.4 Å². The van der Waals surface area contributed by atoms with Gasteiger partial charge in [0.25, 0.3) is 5.91 Å². The highest BCUT2D eigenvalue weighted by Crippen LogP contribution is 2.28. The van der Waals surface area contributed by atoms with Crippen LogP contribution < -0.4 is 4.74 Å². The van der Waals surface area contributed by atoms with Crippen LogP contribution in [0.15, 0.2) is 95.8 Å². The van der Waals surface area contributed by atoms with Gasteiger partial charge in [-0.2, -0.15) is 0 Å². The van der Waals surface area contributed by atoms with E-state index in [0.717, 1.165) is 28.7 Å². The minimum absolute atomic E-state index is 0.148. The van der Waals surface area contributed by atoms with Crippen LogP contribution in [-0.4, -0.2) is 34.5 Å². The molecule has 1 amide bonds. The normalized spacial score (nSPS) is 12.1. The molecule has 6 nitrogen and oxygen atoms in total. The van der Waals surface area contributed by atoms with Gasteiger partial charge in [-0.15, -0.1) is 0 Å². The largest absolute Gasteiger partial charge is 0.493 e. The van der Waals surface area contributed by atoms with Crippen LogP contribution in [0.4, 0.5) is 0 Å². The number of carboxylic acid groups (broad SMARTS) is 1. The number of aliphatic carboxylic acids is 1. The zero-order chi connectivity index (χ0) is 28.5. The first-order valence-corrected chi connectivity index (χ1v) is 13.3. The van der Waals surface area contributed by atoms with Crippen molar-refractivity contribution in [3.05, 3.63) is 103 Å². The Hall–Kier alpha value is -4.32. The molecular formula is C33H35NO5. The van der Waals surface area contributed by atoms with Gasteiger partial charge in [-0.25, -0.2) is 0 Å². The van der Waals surface area contributed by atoms with Crippen molar-refractivity contribution in [2.75, 3.05) is 6.61 Å². The van der Waals surface area contributed by atoms with Gasteiger partial charge in [0.2, 0.25) is 0 Å². The van der Waals surface area contributed by atoms with Gasteiger partial charge in [-0.3, -0.25) is 9.59 Å². The number of hydrogen-bond donors (Lipinski definition) is 1. The van der Waals surface area contributed by atoms with Crippen molar-refractivity contribution in [1.82, 2.24) is 4.90 Å². The molecule has 0 bridgehead atoms. The number of benzene rings is 3. The van der Waals surface area contributed by atoms with Crippen LogP contribution in [0.25, 0.3) is 22.3 Å². The molecule has 0 spiro atoms. The Morgan fingerprint density at radius 2 is 1.64 bits per heavy atom. The summed E-state index contributed by atoms with van der Waals surface area (Å²) >= 11 is 0. The molecule has 1 aromatic heterocycles. The molecule has 1 unspecified atom stereocenters. The van der Waals surface area contributed by atoms with Crippen molar-refractivity contribution in [1.29, 1.82) is 0 Å². The van der Waals surface area contributed by atoms with Crippen molar-refractivity contribution in [2.24, 2.45) is 0 Å². The molecule has 0 saturated carbocycles. The number of carbonyl (C=O) groups is 2. The predicted molar refractivity (Wildman–Crippen MR) is 153 cm³/mol. The Labute approximate surface area is 231 Å². The molecule has 4 rings (SSSR count). The molecule has 202 valence electrons. The van der Waals surface area contributed by atoms with E-state index < -0.39 is 12.5 Å². The van der Waals surface area contributed by atoms with Gasteiger partial charge in [-0.05, 0) is 80.1 Å². The molecule has 0 aliphatic rings. The third-order valence-electron chi connectivity index (χ3n) is 6.46. The Kier molecular flexibility index (Phi) is 9.08. The van der Waals surface area contributed by atoms with Crippen LogP contribution in [0, 0.1) is 0 Å². The number of amides is 1. The van der Waals surface area contributed by atoms with E-state index in [-0.39, 0.29) is 18.4 Å². The SMILES string of the molecule is [2H]C(c1ccccc1OCCCCCC(=O)O)N(C(=O)c1ccc(-c2cccc(-c3ccoc3)c2)cc1)C(C)C. The maximum atomic E-state index is 13.7. The monoisotopic (exact) mass is 526 g/mol. The standard InChI is InChI=1S/C33H35NO5/c1-24(2)34(22-29-9-5-6-12-31(29)39-19-7-3-4-13-32(35)36)33(37)26-16-14-25(15-17-26)27-10-8-11-28(21-27)30-18-20-38-23-30/h5-6,8-12,14-18,20-21,23-24H,3-4,7,13,19,22H2,1-2H3,(H,35,36)/i22D. The molecular weight excluding hydrogens is 490 g/mol. The van der Waals surface area contributed by atoms with Crippen LogP contribution in [0.3, 0.4) is 0 Å². The lowest BCUT2D eigenvalue weighted by Gasteiger charge is -2.28. The fourth-order valence-corrected chi connectivity index (χ4v) is 4.31. The summed E-state index contributed by atoms with van der Waals surface area (Å²) in [5, 5.41) is 8.79. The third-order valence-corrected chi connectivity index (χ3v) is 6.46. The Bertz CT molecular complexity index is 1400. The molecule has 1 atom stereocenters. The lowest BCUT2D eigenvalue weighted by atomic mass is 9.99. The first kappa shape index (κ1) is 26.3. The Morgan fingerprint density at radius 3 is 2.33 bits per heavy atom. The Balaban J connectivity index is 1.47. The molecule has 6 heteroatoms. The van der Waals surface area contributed by atoms with Crippen LogP contribution >= 0.6 is 0 Å². The minimum Gasteiger partial charge on any atom is -0.493 e. The first-order valence-electron chi connectivity index (χ1n) is 13.8. The van der Waals surface area contributed by atoms with Gasteiger partial charge in [0, 0.05) is 35.7 Å². The average Bonchev–Trinajstić information content (AvgIpc) is 3.50. The lowest BCUT2D eigenvalue weighted by molar-refractivity contribution is -0.137. The number of carboxylic acids is 1. The van der Waals surface area contributed by atoms with E-state index in [9.17, 15) is 9.59 Å². The zero-order valence-electron chi connectivity index (χ0n) is 23.4. The van der Waals surface area contributed by atoms with Crippen molar-refractivity contribution < 1.29 is 25.2 Å². The minimum atomic E-state index is -0.956. The van der Waals surface area contributed by atoms with E-state index in [1.807, 2.05) is 86.6 Å². The zero-order valence-corrected chi connectivity index (χ0v) is 22.4. The van der Waals surface area contributed by atoms with Gasteiger partial charge in [0.1, 0.15) is 5.75 Å². The smallest absolute Gasteiger partial charge is 0.303 e. The number of para-hydroxylation sites is 1. The fourth-order valence-electron chi connectivity index (χ4n) is 4.31. The highest BCUT2D eigenvalue weighted by atomic mass is 16.5. The number of unbranched alkanes of at least 4 members (excludes halogenated alkanes) is 2. The van der Waals surface area contributed by atoms with E-state index in [0.29, 0.717) is 36.3 Å². The van der Waals surface area contributed by atoms with Gasteiger partial charge in [0.05, 0.1) is 20.5 Å².